The molecule has 0 heterocycles. The molecule has 1 aliphatic rings. The van der Waals surface area contributed by atoms with Gasteiger partial charge in [-0.2, -0.15) is 0 Å². The molecule has 2 unspecified atom stereocenters. The van der Waals surface area contributed by atoms with Gasteiger partial charge in [0.25, 0.3) is 0 Å². The van der Waals surface area contributed by atoms with Gasteiger partial charge in [-0.25, -0.2) is 0 Å². The van der Waals surface area contributed by atoms with Crippen molar-refractivity contribution < 1.29 is 4.79 Å². The van der Waals surface area contributed by atoms with Gasteiger partial charge in [-0.05, 0) is 39.3 Å². The lowest BCUT2D eigenvalue weighted by Gasteiger charge is -2.44. The van der Waals surface area contributed by atoms with Crippen LogP contribution in [0.4, 0.5) is 0 Å². The van der Waals surface area contributed by atoms with E-state index in [9.17, 15) is 4.79 Å². The molecule has 0 amide bonds. The van der Waals surface area contributed by atoms with E-state index in [1.807, 2.05) is 0 Å². The molecule has 2 heteroatoms. The van der Waals surface area contributed by atoms with Crippen molar-refractivity contribution >= 4 is 5.78 Å². The first kappa shape index (κ1) is 18.7. The van der Waals surface area contributed by atoms with Crippen molar-refractivity contribution in [3.05, 3.63) is 0 Å². The third-order valence-corrected chi connectivity index (χ3v) is 5.36. The first-order valence-electron chi connectivity index (χ1n) is 9.23. The van der Waals surface area contributed by atoms with Crippen molar-refractivity contribution in [2.45, 2.75) is 96.4 Å². The van der Waals surface area contributed by atoms with E-state index < -0.39 is 0 Å². The molecule has 124 valence electrons. The average molecular weight is 296 g/mol. The van der Waals surface area contributed by atoms with E-state index in [2.05, 4.69) is 32.8 Å². The summed E-state index contributed by atoms with van der Waals surface area (Å²) in [4.78, 5) is 15.0. The molecule has 0 aromatic rings. The van der Waals surface area contributed by atoms with Gasteiger partial charge in [-0.3, -0.25) is 9.69 Å². The lowest BCUT2D eigenvalue weighted by Crippen LogP contribution is -2.53. The van der Waals surface area contributed by atoms with Crippen molar-refractivity contribution in [3.63, 3.8) is 0 Å². The van der Waals surface area contributed by atoms with Crippen LogP contribution in [-0.2, 0) is 4.79 Å². The third-order valence-electron chi connectivity index (χ3n) is 5.36. The maximum absolute atomic E-state index is 12.8. The molecule has 0 spiro atoms. The minimum atomic E-state index is -0.153. The predicted molar refractivity (Wildman–Crippen MR) is 91.7 cm³/mol. The number of likely N-dealkylation sites (N-methyl/N-ethyl adjacent to an activating group) is 1. The van der Waals surface area contributed by atoms with E-state index in [0.717, 1.165) is 25.7 Å². The molecule has 0 radical (unpaired) electrons. The smallest absolute Gasteiger partial charge is 0.153 e. The fourth-order valence-corrected chi connectivity index (χ4v) is 3.91. The molecule has 0 aliphatic heterocycles. The number of hydrogen-bond donors (Lipinski definition) is 0. The maximum atomic E-state index is 12.8. The number of rotatable bonds is 10. The van der Waals surface area contributed by atoms with Gasteiger partial charge in [0.1, 0.15) is 0 Å². The highest BCUT2D eigenvalue weighted by Crippen LogP contribution is 2.37. The van der Waals surface area contributed by atoms with Crippen molar-refractivity contribution in [3.8, 4) is 0 Å². The highest BCUT2D eigenvalue weighted by molar-refractivity contribution is 5.88. The Bertz CT molecular complexity index is 300. The van der Waals surface area contributed by atoms with Crippen molar-refractivity contribution in [2.75, 3.05) is 14.1 Å². The Morgan fingerprint density at radius 2 is 1.71 bits per heavy atom. The summed E-state index contributed by atoms with van der Waals surface area (Å²) in [6.45, 7) is 4.56. The van der Waals surface area contributed by atoms with Crippen LogP contribution in [0.15, 0.2) is 0 Å². The van der Waals surface area contributed by atoms with Crippen LogP contribution in [0.2, 0.25) is 0 Å². The molecule has 0 bridgehead atoms. The van der Waals surface area contributed by atoms with Crippen LogP contribution in [0.3, 0.4) is 0 Å². The molecule has 2 nitrogen and oxygen atoms in total. The van der Waals surface area contributed by atoms with Gasteiger partial charge in [-0.15, -0.1) is 0 Å². The van der Waals surface area contributed by atoms with Crippen LogP contribution in [0.25, 0.3) is 0 Å². The second kappa shape index (κ2) is 9.61. The second-order valence-corrected chi connectivity index (χ2v) is 7.42. The lowest BCUT2D eigenvalue weighted by atomic mass is 9.72. The number of carbonyl (C=O) groups excluding carboxylic acids is 1. The van der Waals surface area contributed by atoms with Crippen molar-refractivity contribution in [2.24, 2.45) is 5.92 Å². The number of unbranched alkanes of at least 4 members (excludes halogenated alkanes) is 6. The molecule has 0 saturated heterocycles. The van der Waals surface area contributed by atoms with Gasteiger partial charge in [0, 0.05) is 6.42 Å². The minimum Gasteiger partial charge on any atom is -0.298 e. The quantitative estimate of drug-likeness (QED) is 0.516. The number of hydrogen-bond acceptors (Lipinski definition) is 2. The van der Waals surface area contributed by atoms with Gasteiger partial charge in [0.15, 0.2) is 5.78 Å². The summed E-state index contributed by atoms with van der Waals surface area (Å²) >= 11 is 0. The van der Waals surface area contributed by atoms with E-state index >= 15 is 0 Å². The molecule has 2 atom stereocenters. The zero-order valence-corrected chi connectivity index (χ0v) is 14.9. The van der Waals surface area contributed by atoms with Crippen LogP contribution in [0.1, 0.15) is 90.9 Å². The van der Waals surface area contributed by atoms with Crippen molar-refractivity contribution in [1.29, 1.82) is 0 Å². The largest absolute Gasteiger partial charge is 0.298 e. The standard InChI is InChI=1S/C19H37NO/c1-5-6-7-8-9-10-11-14-18(21)19(20(3)4)15-12-13-17(2)16-19/h17H,5-16H2,1-4H3. The van der Waals surface area contributed by atoms with E-state index in [0.29, 0.717) is 11.7 Å². The molecular weight excluding hydrogens is 258 g/mol. The summed E-state index contributed by atoms with van der Waals surface area (Å²) in [5.74, 6) is 1.20. The van der Waals surface area contributed by atoms with Crippen LogP contribution in [0.5, 0.6) is 0 Å². The zero-order valence-electron chi connectivity index (χ0n) is 14.9. The van der Waals surface area contributed by atoms with E-state index in [1.165, 1.54) is 51.4 Å². The molecule has 1 saturated carbocycles. The topological polar surface area (TPSA) is 20.3 Å². The maximum Gasteiger partial charge on any atom is 0.153 e. The summed E-state index contributed by atoms with van der Waals surface area (Å²) in [6, 6.07) is 0. The normalized spacial score (nSPS) is 26.2. The number of carbonyl (C=O) groups is 1. The summed E-state index contributed by atoms with van der Waals surface area (Å²) in [7, 11) is 4.20. The highest BCUT2D eigenvalue weighted by atomic mass is 16.1. The van der Waals surface area contributed by atoms with Crippen molar-refractivity contribution in [1.82, 2.24) is 4.90 Å². The van der Waals surface area contributed by atoms with Crippen LogP contribution in [-0.4, -0.2) is 30.3 Å². The Morgan fingerprint density at radius 3 is 2.29 bits per heavy atom. The summed E-state index contributed by atoms with van der Waals surface area (Å²) < 4.78 is 0. The van der Waals surface area contributed by atoms with Gasteiger partial charge >= 0.3 is 0 Å². The van der Waals surface area contributed by atoms with E-state index in [4.69, 9.17) is 0 Å². The van der Waals surface area contributed by atoms with Crippen LogP contribution < -0.4 is 0 Å². The Kier molecular flexibility index (Phi) is 8.55. The molecule has 21 heavy (non-hydrogen) atoms. The number of nitrogens with zero attached hydrogens (tertiary/aromatic N) is 1. The fourth-order valence-electron chi connectivity index (χ4n) is 3.91. The first-order valence-corrected chi connectivity index (χ1v) is 9.23. The van der Waals surface area contributed by atoms with Gasteiger partial charge < -0.3 is 0 Å². The Hall–Kier alpha value is -0.370. The zero-order chi connectivity index (χ0) is 15.7. The Labute approximate surface area is 132 Å². The molecule has 0 aromatic carbocycles. The summed E-state index contributed by atoms with van der Waals surface area (Å²) in [6.07, 6.45) is 14.4. The lowest BCUT2D eigenvalue weighted by molar-refractivity contribution is -0.133. The monoisotopic (exact) mass is 295 g/mol. The number of ketones is 1. The van der Waals surface area contributed by atoms with Gasteiger partial charge in [0.2, 0.25) is 0 Å². The molecule has 1 rings (SSSR count). The van der Waals surface area contributed by atoms with E-state index in [1.54, 1.807) is 0 Å². The molecule has 1 fully saturated rings. The second-order valence-electron chi connectivity index (χ2n) is 7.42. The Morgan fingerprint density at radius 1 is 1.10 bits per heavy atom. The molecular formula is C19H37NO. The molecule has 0 N–H and O–H groups in total. The fraction of sp³-hybridized carbons (Fsp3) is 0.947. The number of Topliss-reactive ketones (excluding diaryl/α,β-unsaturated/α-hetero) is 1. The predicted octanol–water partition coefficient (Wildman–Crippen LogP) is 5.21. The SMILES string of the molecule is CCCCCCCCCC(=O)C1(N(C)C)CCCC(C)C1. The summed E-state index contributed by atoms with van der Waals surface area (Å²) in [5.41, 5.74) is -0.153. The van der Waals surface area contributed by atoms with Crippen LogP contribution in [0, 0.1) is 5.92 Å². The summed E-state index contributed by atoms with van der Waals surface area (Å²) in [5, 5.41) is 0. The minimum absolute atomic E-state index is 0.153. The van der Waals surface area contributed by atoms with E-state index in [-0.39, 0.29) is 5.54 Å². The highest BCUT2D eigenvalue weighted by Gasteiger charge is 2.42. The third kappa shape index (κ3) is 5.73. The Balaban J connectivity index is 2.34. The first-order chi connectivity index (χ1) is 10.0. The average Bonchev–Trinajstić information content (AvgIpc) is 2.45. The van der Waals surface area contributed by atoms with Gasteiger partial charge in [-0.1, -0.05) is 65.2 Å². The van der Waals surface area contributed by atoms with Crippen LogP contribution >= 0.6 is 0 Å². The molecule has 0 aromatic heterocycles. The van der Waals surface area contributed by atoms with Gasteiger partial charge in [0.05, 0.1) is 5.54 Å². The molecule has 1 aliphatic carbocycles.